The fourth-order valence-corrected chi connectivity index (χ4v) is 3.36. The number of methoxy groups -OCH3 is 1. The Balaban J connectivity index is 1.77. The Morgan fingerprint density at radius 2 is 1.80 bits per heavy atom. The van der Waals surface area contributed by atoms with Crippen molar-refractivity contribution in [2.24, 2.45) is 0 Å². The molecule has 0 aliphatic heterocycles. The summed E-state index contributed by atoms with van der Waals surface area (Å²) in [7, 11) is 1.61. The zero-order valence-electron chi connectivity index (χ0n) is 17.1. The minimum absolute atomic E-state index is 0.285. The van der Waals surface area contributed by atoms with Crippen molar-refractivity contribution in [1.82, 2.24) is 19.9 Å². The van der Waals surface area contributed by atoms with Crippen LogP contribution in [0.15, 0.2) is 54.7 Å². The maximum absolute atomic E-state index is 6.30. The second-order valence-corrected chi connectivity index (χ2v) is 7.63. The highest BCUT2D eigenvalue weighted by molar-refractivity contribution is 6.32. The number of nitrogens with one attached hydrogen (secondary N) is 1. The molecule has 0 fully saturated rings. The lowest BCUT2D eigenvalue weighted by molar-refractivity contribution is 0.178. The Morgan fingerprint density at radius 3 is 2.50 bits per heavy atom. The van der Waals surface area contributed by atoms with Crippen molar-refractivity contribution in [3.05, 3.63) is 71.1 Å². The molecule has 0 aliphatic carbocycles. The smallest absolute Gasteiger partial charge is 0.165 e. The molecule has 3 aromatic heterocycles. The summed E-state index contributed by atoms with van der Waals surface area (Å²) in [5, 5.41) is 4.74. The summed E-state index contributed by atoms with van der Waals surface area (Å²) < 4.78 is 5.24. The van der Waals surface area contributed by atoms with E-state index < -0.39 is 0 Å². The molecule has 0 aliphatic rings. The number of nitrogens with zero attached hydrogens (tertiary/aromatic N) is 4. The van der Waals surface area contributed by atoms with Gasteiger partial charge in [-0.25, -0.2) is 15.0 Å². The molecular weight excluding hydrogens is 398 g/mol. The zero-order chi connectivity index (χ0) is 21.1. The summed E-state index contributed by atoms with van der Waals surface area (Å²) in [5.74, 6) is 1.70. The molecule has 0 amide bonds. The first-order valence-corrected chi connectivity index (χ1v) is 10.1. The van der Waals surface area contributed by atoms with E-state index in [1.807, 2.05) is 12.1 Å². The predicted molar refractivity (Wildman–Crippen MR) is 120 cm³/mol. The minimum atomic E-state index is 0.285. The highest BCUT2D eigenvalue weighted by Gasteiger charge is 2.13. The number of ether oxygens (including phenoxy) is 1. The van der Waals surface area contributed by atoms with Gasteiger partial charge in [0, 0.05) is 19.0 Å². The molecule has 3 heterocycles. The molecule has 1 N–H and O–H groups in total. The Morgan fingerprint density at radius 1 is 1.00 bits per heavy atom. The minimum Gasteiger partial charge on any atom is -0.377 e. The maximum Gasteiger partial charge on any atom is 0.165 e. The number of anilines is 2. The van der Waals surface area contributed by atoms with Crippen molar-refractivity contribution < 1.29 is 4.74 Å². The number of pyridine rings is 2. The molecule has 7 heteroatoms. The van der Waals surface area contributed by atoms with Gasteiger partial charge in [0.05, 0.1) is 16.1 Å². The van der Waals surface area contributed by atoms with Gasteiger partial charge in [-0.3, -0.25) is 4.98 Å². The van der Waals surface area contributed by atoms with E-state index in [0.29, 0.717) is 39.6 Å². The monoisotopic (exact) mass is 419 g/mol. The van der Waals surface area contributed by atoms with Gasteiger partial charge >= 0.3 is 0 Å². The van der Waals surface area contributed by atoms with Gasteiger partial charge in [0.2, 0.25) is 0 Å². The van der Waals surface area contributed by atoms with Crippen LogP contribution in [0.4, 0.5) is 11.5 Å². The third-order valence-corrected chi connectivity index (χ3v) is 5.03. The molecule has 0 saturated carbocycles. The van der Waals surface area contributed by atoms with Gasteiger partial charge < -0.3 is 10.1 Å². The van der Waals surface area contributed by atoms with Crippen molar-refractivity contribution in [1.29, 1.82) is 0 Å². The standard InChI is InChI=1S/C23H22ClN5O/c1-14(2)15-6-8-16(9-7-15)26-22-17-10-11-19(21-18(24)5-4-12-25-21)27-23(17)29-20(28-22)13-30-3/h4-12,14H,13H2,1-3H3,(H,26,27,28,29). The molecule has 0 radical (unpaired) electrons. The molecule has 0 bridgehead atoms. The van der Waals surface area contributed by atoms with Gasteiger partial charge in [0.1, 0.15) is 18.1 Å². The number of rotatable bonds is 6. The van der Waals surface area contributed by atoms with E-state index in [-0.39, 0.29) is 6.61 Å². The number of aromatic nitrogens is 4. The van der Waals surface area contributed by atoms with Crippen molar-refractivity contribution in [3.8, 4) is 11.4 Å². The normalized spacial score (nSPS) is 11.2. The lowest BCUT2D eigenvalue weighted by Gasteiger charge is -2.12. The van der Waals surface area contributed by atoms with Crippen molar-refractivity contribution in [2.45, 2.75) is 26.4 Å². The van der Waals surface area contributed by atoms with E-state index >= 15 is 0 Å². The number of hydrogen-bond acceptors (Lipinski definition) is 6. The molecule has 0 spiro atoms. The van der Waals surface area contributed by atoms with Crippen molar-refractivity contribution in [3.63, 3.8) is 0 Å². The first-order chi connectivity index (χ1) is 14.5. The van der Waals surface area contributed by atoms with E-state index in [9.17, 15) is 0 Å². The summed E-state index contributed by atoms with van der Waals surface area (Å²) in [6, 6.07) is 15.7. The van der Waals surface area contributed by atoms with Gasteiger partial charge in [0.15, 0.2) is 11.5 Å². The summed E-state index contributed by atoms with van der Waals surface area (Å²) in [4.78, 5) is 18.2. The molecule has 0 atom stereocenters. The first kappa shape index (κ1) is 20.2. The number of benzene rings is 1. The molecule has 6 nitrogen and oxygen atoms in total. The van der Waals surface area contributed by atoms with E-state index in [1.54, 1.807) is 25.4 Å². The molecule has 4 aromatic rings. The topological polar surface area (TPSA) is 72.8 Å². The van der Waals surface area contributed by atoms with Crippen molar-refractivity contribution >= 4 is 34.1 Å². The average molecular weight is 420 g/mol. The van der Waals surface area contributed by atoms with Gasteiger partial charge in [-0.15, -0.1) is 0 Å². The van der Waals surface area contributed by atoms with Crippen molar-refractivity contribution in [2.75, 3.05) is 12.4 Å². The molecule has 152 valence electrons. The van der Waals surface area contributed by atoms with Crippen LogP contribution in [0.5, 0.6) is 0 Å². The zero-order valence-corrected chi connectivity index (χ0v) is 17.8. The van der Waals surface area contributed by atoms with Crippen LogP contribution in [-0.2, 0) is 11.3 Å². The van der Waals surface area contributed by atoms with Crippen LogP contribution < -0.4 is 5.32 Å². The Hall–Kier alpha value is -3.09. The molecule has 30 heavy (non-hydrogen) atoms. The quantitative estimate of drug-likeness (QED) is 0.428. The van der Waals surface area contributed by atoms with Gasteiger partial charge in [0.25, 0.3) is 0 Å². The first-order valence-electron chi connectivity index (χ1n) is 9.69. The Kier molecular flexibility index (Phi) is 5.88. The predicted octanol–water partition coefficient (Wildman–Crippen LogP) is 5.75. The van der Waals surface area contributed by atoms with Crippen LogP contribution in [0.1, 0.15) is 31.2 Å². The Labute approximate surface area is 180 Å². The molecule has 4 rings (SSSR count). The fourth-order valence-electron chi connectivity index (χ4n) is 3.14. The van der Waals surface area contributed by atoms with Gasteiger partial charge in [-0.1, -0.05) is 37.6 Å². The maximum atomic E-state index is 6.30. The molecule has 1 aromatic carbocycles. The summed E-state index contributed by atoms with van der Waals surface area (Å²) >= 11 is 6.30. The van der Waals surface area contributed by atoms with E-state index in [2.05, 4.69) is 58.4 Å². The summed E-state index contributed by atoms with van der Waals surface area (Å²) in [5.41, 5.74) is 4.05. The van der Waals surface area contributed by atoms with E-state index in [0.717, 1.165) is 11.1 Å². The molecular formula is C23H22ClN5O. The van der Waals surface area contributed by atoms with Crippen LogP contribution in [0.25, 0.3) is 22.4 Å². The van der Waals surface area contributed by atoms with Gasteiger partial charge in [-0.05, 0) is 47.9 Å². The van der Waals surface area contributed by atoms with Crippen LogP contribution in [0.2, 0.25) is 5.02 Å². The van der Waals surface area contributed by atoms with Crippen LogP contribution in [-0.4, -0.2) is 27.0 Å². The lowest BCUT2D eigenvalue weighted by Crippen LogP contribution is -2.04. The SMILES string of the molecule is COCc1nc(Nc2ccc(C(C)C)cc2)c2ccc(-c3ncccc3Cl)nc2n1. The van der Waals surface area contributed by atoms with Gasteiger partial charge in [-0.2, -0.15) is 0 Å². The number of halogens is 1. The lowest BCUT2D eigenvalue weighted by atomic mass is 10.0. The summed E-state index contributed by atoms with van der Waals surface area (Å²) in [6.45, 7) is 4.64. The highest BCUT2D eigenvalue weighted by Crippen LogP contribution is 2.29. The average Bonchev–Trinajstić information content (AvgIpc) is 2.74. The third-order valence-electron chi connectivity index (χ3n) is 4.72. The second kappa shape index (κ2) is 8.73. The van der Waals surface area contributed by atoms with Crippen LogP contribution in [0, 0.1) is 0 Å². The fraction of sp³-hybridized carbons (Fsp3) is 0.217. The van der Waals surface area contributed by atoms with Crippen LogP contribution in [0.3, 0.4) is 0 Å². The number of hydrogen-bond donors (Lipinski definition) is 1. The number of fused-ring (bicyclic) bond motifs is 1. The molecule has 0 saturated heterocycles. The van der Waals surface area contributed by atoms with E-state index in [4.69, 9.17) is 21.3 Å². The van der Waals surface area contributed by atoms with Crippen LogP contribution >= 0.6 is 11.6 Å². The Bertz CT molecular complexity index is 1180. The second-order valence-electron chi connectivity index (χ2n) is 7.22. The third kappa shape index (κ3) is 4.25. The van der Waals surface area contributed by atoms with E-state index in [1.165, 1.54) is 5.56 Å². The largest absolute Gasteiger partial charge is 0.377 e. The highest BCUT2D eigenvalue weighted by atomic mass is 35.5. The molecule has 0 unspecified atom stereocenters. The summed E-state index contributed by atoms with van der Waals surface area (Å²) in [6.07, 6.45) is 1.69.